The molecular formula is C8H11N2O5S2. The van der Waals surface area contributed by atoms with Crippen LogP contribution in [0.4, 0.5) is 0 Å². The Balaban J connectivity index is 3.78. The van der Waals surface area contributed by atoms with Crippen LogP contribution in [0, 0.1) is 6.92 Å². The molecule has 1 aromatic carbocycles. The van der Waals surface area contributed by atoms with Gasteiger partial charge in [0.05, 0.1) is 9.79 Å². The van der Waals surface area contributed by atoms with E-state index in [2.05, 4.69) is 0 Å². The van der Waals surface area contributed by atoms with Crippen molar-refractivity contribution in [3.63, 3.8) is 0 Å². The highest BCUT2D eigenvalue weighted by Gasteiger charge is 2.21. The quantitative estimate of drug-likeness (QED) is 0.748. The van der Waals surface area contributed by atoms with E-state index in [1.165, 1.54) is 6.92 Å². The van der Waals surface area contributed by atoms with Gasteiger partial charge in [-0.2, -0.15) is 0 Å². The van der Waals surface area contributed by atoms with Crippen molar-refractivity contribution < 1.29 is 21.9 Å². The van der Waals surface area contributed by atoms with E-state index in [1.54, 1.807) is 0 Å². The maximum Gasteiger partial charge on any atom is 0.238 e. The first-order chi connectivity index (χ1) is 7.57. The molecule has 0 saturated heterocycles. The van der Waals surface area contributed by atoms with Gasteiger partial charge in [0.1, 0.15) is 6.61 Å². The molecule has 0 aliphatic heterocycles. The number of rotatable bonds is 3. The molecule has 0 aliphatic carbocycles. The van der Waals surface area contributed by atoms with E-state index < -0.39 is 36.4 Å². The van der Waals surface area contributed by atoms with Crippen molar-refractivity contribution in [2.24, 2.45) is 10.3 Å². The van der Waals surface area contributed by atoms with E-state index in [4.69, 9.17) is 10.3 Å². The van der Waals surface area contributed by atoms with Crippen LogP contribution in [-0.2, 0) is 31.8 Å². The van der Waals surface area contributed by atoms with Gasteiger partial charge in [0.2, 0.25) is 20.0 Å². The normalized spacial score (nSPS) is 12.7. The number of benzene rings is 1. The summed E-state index contributed by atoms with van der Waals surface area (Å²) in [5.41, 5.74) is -0.101. The Labute approximate surface area is 99.2 Å². The molecule has 0 spiro atoms. The molecule has 0 aliphatic rings. The van der Waals surface area contributed by atoms with Gasteiger partial charge < -0.3 is 0 Å². The van der Waals surface area contributed by atoms with Crippen LogP contribution in [0.3, 0.4) is 0 Å². The van der Waals surface area contributed by atoms with Crippen LogP contribution in [-0.4, -0.2) is 16.8 Å². The Hall–Kier alpha value is -1.00. The molecule has 0 saturated carbocycles. The lowest BCUT2D eigenvalue weighted by Gasteiger charge is -2.10. The van der Waals surface area contributed by atoms with Gasteiger partial charge in [-0.1, -0.05) is 0 Å². The van der Waals surface area contributed by atoms with Crippen molar-refractivity contribution in [2.75, 3.05) is 0 Å². The smallest absolute Gasteiger partial charge is 0.232 e. The molecule has 0 fully saturated rings. The topological polar surface area (TPSA) is 140 Å². The monoisotopic (exact) mass is 279 g/mol. The van der Waals surface area contributed by atoms with Crippen molar-refractivity contribution >= 4 is 20.0 Å². The van der Waals surface area contributed by atoms with Crippen molar-refractivity contribution in [3.8, 4) is 0 Å². The highest BCUT2D eigenvalue weighted by Crippen LogP contribution is 2.23. The summed E-state index contributed by atoms with van der Waals surface area (Å²) < 4.78 is 45.0. The molecule has 0 atom stereocenters. The zero-order valence-electron chi connectivity index (χ0n) is 8.87. The van der Waals surface area contributed by atoms with E-state index in [1.807, 2.05) is 0 Å². The van der Waals surface area contributed by atoms with Crippen LogP contribution in [0.25, 0.3) is 0 Å². The SMILES string of the molecule is Cc1c(S(N)(=O)=O)cc(C[O])cc1S(N)(=O)=O. The zero-order valence-corrected chi connectivity index (χ0v) is 10.5. The van der Waals surface area contributed by atoms with Crippen LogP contribution in [0.5, 0.6) is 0 Å². The van der Waals surface area contributed by atoms with Gasteiger partial charge in [-0.15, -0.1) is 0 Å². The lowest BCUT2D eigenvalue weighted by Crippen LogP contribution is -2.19. The molecule has 1 rings (SSSR count). The predicted octanol–water partition coefficient (Wildman–Crippen LogP) is -0.780. The Morgan fingerprint density at radius 2 is 1.35 bits per heavy atom. The standard InChI is InChI=1S/C8H11N2O5S2/c1-5-7(16(9,12)13)2-6(4-11)3-8(5)17(10,14)15/h2-3H,4H2,1H3,(H2,9,12,13)(H2,10,14,15). The van der Waals surface area contributed by atoms with Gasteiger partial charge in [0, 0.05) is 0 Å². The molecule has 17 heavy (non-hydrogen) atoms. The van der Waals surface area contributed by atoms with E-state index in [0.717, 1.165) is 12.1 Å². The Morgan fingerprint density at radius 1 is 1.00 bits per heavy atom. The second-order valence-electron chi connectivity index (χ2n) is 3.45. The van der Waals surface area contributed by atoms with Crippen molar-refractivity contribution in [1.29, 1.82) is 0 Å². The Morgan fingerprint density at radius 3 is 1.59 bits per heavy atom. The van der Waals surface area contributed by atoms with Crippen molar-refractivity contribution in [3.05, 3.63) is 23.3 Å². The third-order valence-electron chi connectivity index (χ3n) is 2.15. The van der Waals surface area contributed by atoms with Gasteiger partial charge >= 0.3 is 0 Å². The molecule has 95 valence electrons. The Kier molecular flexibility index (Phi) is 3.60. The fourth-order valence-corrected chi connectivity index (χ4v) is 3.16. The number of hydrogen-bond acceptors (Lipinski definition) is 4. The second kappa shape index (κ2) is 4.35. The average molecular weight is 279 g/mol. The molecule has 0 bridgehead atoms. The second-order valence-corrected chi connectivity index (χ2v) is 6.51. The van der Waals surface area contributed by atoms with E-state index >= 15 is 0 Å². The summed E-state index contributed by atoms with van der Waals surface area (Å²) in [5, 5.41) is 20.6. The molecule has 0 unspecified atom stereocenters. The van der Waals surface area contributed by atoms with E-state index in [-0.39, 0.29) is 11.1 Å². The summed E-state index contributed by atoms with van der Waals surface area (Å²) in [6, 6.07) is 2.10. The first-order valence-electron chi connectivity index (χ1n) is 4.34. The minimum absolute atomic E-state index is 0.0105. The largest absolute Gasteiger partial charge is 0.238 e. The average Bonchev–Trinajstić information content (AvgIpc) is 2.14. The van der Waals surface area contributed by atoms with Crippen LogP contribution >= 0.6 is 0 Å². The summed E-state index contributed by atoms with van der Waals surface area (Å²) in [6.07, 6.45) is 0. The van der Waals surface area contributed by atoms with Crippen LogP contribution in [0.15, 0.2) is 21.9 Å². The fraction of sp³-hybridized carbons (Fsp3) is 0.250. The Bertz CT molecular complexity index is 595. The molecular weight excluding hydrogens is 268 g/mol. The van der Waals surface area contributed by atoms with Gasteiger partial charge in [-0.3, -0.25) is 0 Å². The lowest BCUT2D eigenvalue weighted by molar-refractivity contribution is 0.177. The van der Waals surface area contributed by atoms with E-state index in [0.29, 0.717) is 0 Å². The zero-order chi connectivity index (χ0) is 13.4. The number of primary sulfonamides is 2. The molecule has 9 heteroatoms. The fourth-order valence-electron chi connectivity index (χ4n) is 1.39. The predicted molar refractivity (Wildman–Crippen MR) is 58.3 cm³/mol. The summed E-state index contributed by atoms with van der Waals surface area (Å²) in [7, 11) is -8.22. The number of sulfonamides is 2. The van der Waals surface area contributed by atoms with E-state index in [9.17, 15) is 21.9 Å². The number of nitrogens with two attached hydrogens (primary N) is 2. The molecule has 0 amide bonds. The highest BCUT2D eigenvalue weighted by molar-refractivity contribution is 7.90. The first kappa shape index (κ1) is 14.1. The minimum atomic E-state index is -4.11. The van der Waals surface area contributed by atoms with Crippen molar-refractivity contribution in [1.82, 2.24) is 0 Å². The van der Waals surface area contributed by atoms with Gasteiger partial charge in [-0.25, -0.2) is 32.2 Å². The first-order valence-corrected chi connectivity index (χ1v) is 7.44. The van der Waals surface area contributed by atoms with Gasteiger partial charge in [0.15, 0.2) is 0 Å². The third kappa shape index (κ3) is 3.01. The maximum absolute atomic E-state index is 11.2. The van der Waals surface area contributed by atoms with Crippen molar-refractivity contribution in [2.45, 2.75) is 23.3 Å². The summed E-state index contributed by atoms with van der Waals surface area (Å²) in [4.78, 5) is -0.815. The third-order valence-corrected chi connectivity index (χ3v) is 4.23. The summed E-state index contributed by atoms with van der Waals surface area (Å²) in [6.45, 7) is 0.486. The maximum atomic E-state index is 11.2. The van der Waals surface area contributed by atoms with Crippen LogP contribution < -0.4 is 10.3 Å². The number of hydrogen-bond donors (Lipinski definition) is 2. The molecule has 4 N–H and O–H groups in total. The lowest BCUT2D eigenvalue weighted by atomic mass is 10.1. The van der Waals surface area contributed by atoms with Crippen LogP contribution in [0.1, 0.15) is 11.1 Å². The molecule has 0 aromatic heterocycles. The van der Waals surface area contributed by atoms with Gasteiger partial charge in [-0.05, 0) is 30.2 Å². The summed E-state index contributed by atoms with van der Waals surface area (Å²) >= 11 is 0. The molecule has 1 radical (unpaired) electrons. The minimum Gasteiger partial charge on any atom is -0.232 e. The molecule has 1 aromatic rings. The molecule has 7 nitrogen and oxygen atoms in total. The van der Waals surface area contributed by atoms with Gasteiger partial charge in [0.25, 0.3) is 0 Å². The molecule has 0 heterocycles. The summed E-state index contributed by atoms with van der Waals surface area (Å²) in [5.74, 6) is 0. The van der Waals surface area contributed by atoms with Crippen LogP contribution in [0.2, 0.25) is 0 Å². The highest BCUT2D eigenvalue weighted by atomic mass is 32.2.